The fraction of sp³-hybridized carbons (Fsp3) is 0.406. The Morgan fingerprint density at radius 3 is 2.33 bits per heavy atom. The van der Waals surface area contributed by atoms with Gasteiger partial charge >= 0.3 is 0 Å². The lowest BCUT2D eigenvalue weighted by molar-refractivity contribution is 0.0628. The summed E-state index contributed by atoms with van der Waals surface area (Å²) >= 11 is 0. The van der Waals surface area contributed by atoms with Crippen molar-refractivity contribution in [3.8, 4) is 0 Å². The van der Waals surface area contributed by atoms with Crippen LogP contribution in [0.3, 0.4) is 0 Å². The molecule has 4 nitrogen and oxygen atoms in total. The van der Waals surface area contributed by atoms with Crippen LogP contribution < -0.4 is 5.32 Å². The van der Waals surface area contributed by atoms with E-state index in [2.05, 4.69) is 94.0 Å². The van der Waals surface area contributed by atoms with Crippen LogP contribution in [0.1, 0.15) is 58.3 Å². The van der Waals surface area contributed by atoms with E-state index in [0.717, 1.165) is 50.1 Å². The first-order valence-corrected chi connectivity index (χ1v) is 13.8. The maximum Gasteiger partial charge on any atom is 0.253 e. The highest BCUT2D eigenvalue weighted by Crippen LogP contribution is 2.63. The van der Waals surface area contributed by atoms with Crippen LogP contribution in [0.25, 0.3) is 0 Å². The lowest BCUT2D eigenvalue weighted by Gasteiger charge is -2.43. The van der Waals surface area contributed by atoms with Crippen molar-refractivity contribution in [1.82, 2.24) is 9.80 Å². The van der Waals surface area contributed by atoms with E-state index in [-0.39, 0.29) is 5.91 Å². The molecule has 36 heavy (non-hydrogen) atoms. The molecule has 0 unspecified atom stereocenters. The molecule has 0 aromatic heterocycles. The van der Waals surface area contributed by atoms with E-state index in [4.69, 9.17) is 0 Å². The number of fused-ring (bicyclic) bond motifs is 7. The molecule has 1 amide bonds. The van der Waals surface area contributed by atoms with Crippen molar-refractivity contribution in [3.63, 3.8) is 0 Å². The van der Waals surface area contributed by atoms with Crippen molar-refractivity contribution < 1.29 is 4.79 Å². The van der Waals surface area contributed by atoms with Gasteiger partial charge in [-0.15, -0.1) is 0 Å². The summed E-state index contributed by atoms with van der Waals surface area (Å²) in [6.07, 6.45) is 4.05. The maximum absolute atomic E-state index is 13.6. The molecule has 4 aliphatic rings. The van der Waals surface area contributed by atoms with Gasteiger partial charge in [-0.1, -0.05) is 60.7 Å². The molecule has 3 aromatic rings. The summed E-state index contributed by atoms with van der Waals surface area (Å²) in [5.41, 5.74) is 6.24. The van der Waals surface area contributed by atoms with Gasteiger partial charge in [-0.3, -0.25) is 9.69 Å². The number of carbonyl (C=O) groups excluding carboxylic acids is 1. The minimum atomic E-state index is 0.196. The average molecular weight is 478 g/mol. The predicted octanol–water partition coefficient (Wildman–Crippen LogP) is 5.94. The first kappa shape index (κ1) is 22.1. The van der Waals surface area contributed by atoms with E-state index in [1.165, 1.54) is 41.6 Å². The second kappa shape index (κ2) is 9.08. The predicted molar refractivity (Wildman–Crippen MR) is 144 cm³/mol. The van der Waals surface area contributed by atoms with Gasteiger partial charge in [0, 0.05) is 44.0 Å². The Morgan fingerprint density at radius 1 is 0.833 bits per heavy atom. The third kappa shape index (κ3) is 3.83. The Morgan fingerprint density at radius 2 is 1.56 bits per heavy atom. The smallest absolute Gasteiger partial charge is 0.253 e. The maximum atomic E-state index is 13.6. The molecule has 2 aliphatic carbocycles. The van der Waals surface area contributed by atoms with Crippen molar-refractivity contribution >= 4 is 11.6 Å². The Kier molecular flexibility index (Phi) is 5.58. The van der Waals surface area contributed by atoms with Crippen LogP contribution in [0.15, 0.2) is 78.9 Å². The van der Waals surface area contributed by atoms with Gasteiger partial charge in [-0.2, -0.15) is 0 Å². The van der Waals surface area contributed by atoms with Crippen molar-refractivity contribution in [2.24, 2.45) is 17.8 Å². The number of nitrogens with zero attached hydrogens (tertiary/aromatic N) is 2. The monoisotopic (exact) mass is 477 g/mol. The highest BCUT2D eigenvalue weighted by molar-refractivity contribution is 5.95. The van der Waals surface area contributed by atoms with E-state index >= 15 is 0 Å². The molecule has 2 saturated carbocycles. The Hall–Kier alpha value is -3.11. The van der Waals surface area contributed by atoms with Crippen molar-refractivity contribution in [2.75, 3.05) is 31.5 Å². The second-order valence-corrected chi connectivity index (χ2v) is 11.3. The number of piperazine rings is 1. The fourth-order valence-electron chi connectivity index (χ4n) is 7.74. The van der Waals surface area contributed by atoms with Crippen LogP contribution >= 0.6 is 0 Å². The van der Waals surface area contributed by atoms with E-state index in [9.17, 15) is 4.79 Å². The van der Waals surface area contributed by atoms with Gasteiger partial charge in [0.05, 0.1) is 6.04 Å². The number of rotatable bonds is 4. The first-order valence-electron chi connectivity index (χ1n) is 13.8. The summed E-state index contributed by atoms with van der Waals surface area (Å²) < 4.78 is 0. The van der Waals surface area contributed by atoms with Crippen molar-refractivity contribution in [2.45, 2.75) is 37.8 Å². The number of hydrogen-bond acceptors (Lipinski definition) is 3. The number of nitrogens with one attached hydrogen (secondary N) is 1. The van der Waals surface area contributed by atoms with Crippen LogP contribution in [-0.2, 0) is 6.54 Å². The summed E-state index contributed by atoms with van der Waals surface area (Å²) in [6, 6.07) is 28.5. The lowest BCUT2D eigenvalue weighted by atomic mass is 9.68. The number of anilines is 1. The topological polar surface area (TPSA) is 35.6 Å². The highest BCUT2D eigenvalue weighted by Gasteiger charge is 2.53. The number of amides is 1. The zero-order valence-corrected chi connectivity index (χ0v) is 20.9. The van der Waals surface area contributed by atoms with E-state index in [1.807, 2.05) is 0 Å². The number of hydrogen-bond donors (Lipinski definition) is 1. The average Bonchev–Trinajstić information content (AvgIpc) is 3.57. The Balaban J connectivity index is 1.10. The van der Waals surface area contributed by atoms with Crippen molar-refractivity contribution in [1.29, 1.82) is 0 Å². The number of benzene rings is 3. The molecule has 0 spiro atoms. The van der Waals surface area contributed by atoms with Crippen LogP contribution in [0, 0.1) is 17.8 Å². The van der Waals surface area contributed by atoms with Crippen LogP contribution in [0.5, 0.6) is 0 Å². The molecule has 3 fully saturated rings. The third-order valence-electron chi connectivity index (χ3n) is 9.40. The van der Waals surface area contributed by atoms with Gasteiger partial charge in [0.1, 0.15) is 0 Å². The molecule has 2 aliphatic heterocycles. The summed E-state index contributed by atoms with van der Waals surface area (Å²) in [4.78, 5) is 18.1. The fourth-order valence-corrected chi connectivity index (χ4v) is 7.74. The molecule has 7 rings (SSSR count). The summed E-state index contributed by atoms with van der Waals surface area (Å²) in [7, 11) is 0. The van der Waals surface area contributed by atoms with E-state index in [1.54, 1.807) is 0 Å². The minimum absolute atomic E-state index is 0.196. The standard InChI is InChI=1S/C32H35N3O/c36-32(35-17-15-34(16-18-35)21-22-7-3-1-4-8-22)26-13-14-28-27(20-26)29-24-11-12-25(19-24)30(29)31(33-28)23-9-5-2-6-10-23/h1-10,13-14,20,24-25,29-31,33H,11-12,15-19,21H2/t24-,25-,29-,30-,31+/m0/s1. The Bertz CT molecular complexity index is 1230. The van der Waals surface area contributed by atoms with Crippen LogP contribution in [0.4, 0.5) is 5.69 Å². The molecule has 2 heterocycles. The van der Waals surface area contributed by atoms with Gasteiger partial charge in [0.2, 0.25) is 0 Å². The second-order valence-electron chi connectivity index (χ2n) is 11.3. The summed E-state index contributed by atoms with van der Waals surface area (Å²) in [5, 5.41) is 3.91. The summed E-state index contributed by atoms with van der Waals surface area (Å²) in [6.45, 7) is 4.42. The normalized spacial score (nSPS) is 28.9. The van der Waals surface area contributed by atoms with E-state index in [0.29, 0.717) is 17.9 Å². The van der Waals surface area contributed by atoms with Gasteiger partial charge in [-0.05, 0) is 77.8 Å². The lowest BCUT2D eigenvalue weighted by Crippen LogP contribution is -2.48. The molecular weight excluding hydrogens is 442 g/mol. The highest BCUT2D eigenvalue weighted by atomic mass is 16.2. The zero-order valence-electron chi connectivity index (χ0n) is 20.9. The zero-order chi connectivity index (χ0) is 24.1. The quantitative estimate of drug-likeness (QED) is 0.505. The van der Waals surface area contributed by atoms with Gasteiger partial charge < -0.3 is 10.2 Å². The first-order chi connectivity index (χ1) is 17.7. The van der Waals surface area contributed by atoms with Crippen molar-refractivity contribution in [3.05, 3.63) is 101 Å². The largest absolute Gasteiger partial charge is 0.378 e. The molecule has 184 valence electrons. The SMILES string of the molecule is O=C(c1ccc2c(c1)[C@@H]1[C@H]3CC[C@@H](C3)[C@@H]1[C@@H](c1ccccc1)N2)N1CCN(Cc2ccccc2)CC1. The molecule has 3 aromatic carbocycles. The third-order valence-corrected chi connectivity index (χ3v) is 9.40. The van der Waals surface area contributed by atoms with Gasteiger partial charge in [-0.25, -0.2) is 0 Å². The molecule has 1 saturated heterocycles. The molecule has 4 heteroatoms. The van der Waals surface area contributed by atoms with Crippen LogP contribution in [-0.4, -0.2) is 41.9 Å². The molecule has 2 bridgehead atoms. The van der Waals surface area contributed by atoms with Gasteiger partial charge in [0.15, 0.2) is 0 Å². The molecule has 5 atom stereocenters. The minimum Gasteiger partial charge on any atom is -0.378 e. The molecule has 1 N–H and O–H groups in total. The van der Waals surface area contributed by atoms with Crippen LogP contribution in [0.2, 0.25) is 0 Å². The Labute approximate surface area is 214 Å². The molecular formula is C32H35N3O. The molecule has 0 radical (unpaired) electrons. The van der Waals surface area contributed by atoms with Gasteiger partial charge in [0.25, 0.3) is 5.91 Å². The summed E-state index contributed by atoms with van der Waals surface area (Å²) in [5.74, 6) is 2.95. The van der Waals surface area contributed by atoms with E-state index < -0.39 is 0 Å². The number of carbonyl (C=O) groups is 1.